The Bertz CT molecular complexity index is 288. The predicted octanol–water partition coefficient (Wildman–Crippen LogP) is 1.43. The summed E-state index contributed by atoms with van der Waals surface area (Å²) in [4.78, 5) is 0. The molecule has 4 nitrogen and oxygen atoms in total. The Morgan fingerprint density at radius 1 is 1.47 bits per heavy atom. The van der Waals surface area contributed by atoms with Crippen molar-refractivity contribution in [2.45, 2.75) is 19.1 Å². The molecule has 84 valence electrons. The van der Waals surface area contributed by atoms with E-state index >= 15 is 0 Å². The number of ether oxygens (including phenoxy) is 1. The topological polar surface area (TPSA) is 47.0 Å². The van der Waals surface area contributed by atoms with Crippen molar-refractivity contribution in [3.63, 3.8) is 0 Å². The maximum Gasteiger partial charge on any atom is 0.151 e. The first-order chi connectivity index (χ1) is 6.84. The molecule has 2 rings (SSSR count). The van der Waals surface area contributed by atoms with Crippen molar-refractivity contribution in [2.24, 2.45) is 0 Å². The molecule has 1 N–H and O–H groups in total. The van der Waals surface area contributed by atoms with Crippen LogP contribution in [-0.2, 0) is 11.3 Å². The summed E-state index contributed by atoms with van der Waals surface area (Å²) in [5.41, 5.74) is 0.821. The fourth-order valence-corrected chi connectivity index (χ4v) is 1.50. The van der Waals surface area contributed by atoms with Crippen molar-refractivity contribution in [2.75, 3.05) is 13.1 Å². The van der Waals surface area contributed by atoms with Gasteiger partial charge in [-0.3, -0.25) is 0 Å². The summed E-state index contributed by atoms with van der Waals surface area (Å²) in [5.74, 6) is 0. The van der Waals surface area contributed by atoms with Crippen LogP contribution >= 0.6 is 24.0 Å². The van der Waals surface area contributed by atoms with Crippen molar-refractivity contribution >= 4 is 24.0 Å². The van der Waals surface area contributed by atoms with E-state index < -0.39 is 0 Å². The largest absolute Gasteiger partial charge is 0.370 e. The fourth-order valence-electron chi connectivity index (χ4n) is 1.39. The third kappa shape index (κ3) is 3.91. The first kappa shape index (κ1) is 12.6. The van der Waals surface area contributed by atoms with E-state index in [0.29, 0.717) is 17.9 Å². The molecular formula is C9H13Cl2N3O. The molecule has 1 saturated heterocycles. The van der Waals surface area contributed by atoms with Gasteiger partial charge in [0.05, 0.1) is 18.4 Å². The van der Waals surface area contributed by atoms with E-state index in [1.807, 2.05) is 6.07 Å². The van der Waals surface area contributed by atoms with Gasteiger partial charge in [0.15, 0.2) is 5.15 Å². The number of nitrogens with one attached hydrogen (secondary N) is 1. The van der Waals surface area contributed by atoms with Crippen molar-refractivity contribution in [3.8, 4) is 0 Å². The van der Waals surface area contributed by atoms with Gasteiger partial charge in [-0.15, -0.1) is 17.5 Å². The van der Waals surface area contributed by atoms with E-state index in [9.17, 15) is 0 Å². The molecule has 0 unspecified atom stereocenters. The zero-order valence-electron chi connectivity index (χ0n) is 8.15. The highest BCUT2D eigenvalue weighted by molar-refractivity contribution is 6.29. The summed E-state index contributed by atoms with van der Waals surface area (Å²) in [5, 5.41) is 11.3. The lowest BCUT2D eigenvalue weighted by Gasteiger charge is -2.08. The minimum absolute atomic E-state index is 0. The molecule has 6 heteroatoms. The molecule has 0 aromatic carbocycles. The molecule has 0 saturated carbocycles. The second-order valence-electron chi connectivity index (χ2n) is 3.27. The van der Waals surface area contributed by atoms with Crippen molar-refractivity contribution < 1.29 is 4.74 Å². The molecule has 0 bridgehead atoms. The lowest BCUT2D eigenvalue weighted by atomic mass is 10.3. The van der Waals surface area contributed by atoms with Crippen molar-refractivity contribution in [1.82, 2.24) is 15.5 Å². The third-order valence-corrected chi connectivity index (χ3v) is 2.37. The number of halogens is 2. The normalized spacial score (nSPS) is 19.9. The van der Waals surface area contributed by atoms with E-state index in [0.717, 1.165) is 25.2 Å². The smallest absolute Gasteiger partial charge is 0.151 e. The number of aromatic nitrogens is 2. The molecule has 1 aromatic rings. The first-order valence-electron chi connectivity index (χ1n) is 4.65. The Morgan fingerprint density at radius 3 is 2.93 bits per heavy atom. The van der Waals surface area contributed by atoms with Crippen LogP contribution in [0.3, 0.4) is 0 Å². The monoisotopic (exact) mass is 249 g/mol. The Morgan fingerprint density at radius 2 is 2.33 bits per heavy atom. The lowest BCUT2D eigenvalue weighted by molar-refractivity contribution is 0.0518. The quantitative estimate of drug-likeness (QED) is 0.881. The molecule has 2 heterocycles. The number of hydrogen-bond acceptors (Lipinski definition) is 4. The molecular weight excluding hydrogens is 237 g/mol. The molecule has 0 spiro atoms. The maximum absolute atomic E-state index is 5.62. The van der Waals surface area contributed by atoms with Gasteiger partial charge in [-0.25, -0.2) is 0 Å². The highest BCUT2D eigenvalue weighted by Crippen LogP contribution is 2.07. The van der Waals surface area contributed by atoms with E-state index in [4.69, 9.17) is 16.3 Å². The highest BCUT2D eigenvalue weighted by atomic mass is 35.5. The minimum atomic E-state index is 0. The Kier molecular flexibility index (Phi) is 5.25. The summed E-state index contributed by atoms with van der Waals surface area (Å²) >= 11 is 5.61. The first-order valence-corrected chi connectivity index (χ1v) is 5.03. The van der Waals surface area contributed by atoms with Gasteiger partial charge in [0, 0.05) is 6.54 Å². The SMILES string of the molecule is Cl.Clc1ccc(CO[C@H]2CCNC2)nn1. The maximum atomic E-state index is 5.62. The van der Waals surface area contributed by atoms with Gasteiger partial charge < -0.3 is 10.1 Å². The molecule has 1 aromatic heterocycles. The minimum Gasteiger partial charge on any atom is -0.370 e. The van der Waals surface area contributed by atoms with Gasteiger partial charge in [-0.1, -0.05) is 11.6 Å². The van der Waals surface area contributed by atoms with Crippen LogP contribution in [-0.4, -0.2) is 29.4 Å². The number of rotatable bonds is 3. The second-order valence-corrected chi connectivity index (χ2v) is 3.66. The van der Waals surface area contributed by atoms with Crippen LogP contribution in [0.25, 0.3) is 0 Å². The van der Waals surface area contributed by atoms with E-state index in [1.54, 1.807) is 6.07 Å². The van der Waals surface area contributed by atoms with Crippen LogP contribution in [0.1, 0.15) is 12.1 Å². The molecule has 0 radical (unpaired) electrons. The predicted molar refractivity (Wildman–Crippen MR) is 60.4 cm³/mol. The average molecular weight is 250 g/mol. The standard InChI is InChI=1S/C9H12ClN3O.ClH/c10-9-2-1-7(12-13-9)6-14-8-3-4-11-5-8;/h1-2,8,11H,3-6H2;1H/t8-;/m0./s1. The number of hydrogen-bond donors (Lipinski definition) is 1. The third-order valence-electron chi connectivity index (χ3n) is 2.17. The molecule has 0 aliphatic carbocycles. The van der Waals surface area contributed by atoms with Crippen LogP contribution in [0, 0.1) is 0 Å². The van der Waals surface area contributed by atoms with Crippen LogP contribution in [0.4, 0.5) is 0 Å². The van der Waals surface area contributed by atoms with E-state index in [2.05, 4.69) is 15.5 Å². The highest BCUT2D eigenvalue weighted by Gasteiger charge is 2.14. The van der Waals surface area contributed by atoms with Crippen LogP contribution in [0.15, 0.2) is 12.1 Å². The molecule has 1 aliphatic rings. The van der Waals surface area contributed by atoms with Crippen LogP contribution in [0.5, 0.6) is 0 Å². The molecule has 0 amide bonds. The average Bonchev–Trinajstić information content (AvgIpc) is 2.70. The van der Waals surface area contributed by atoms with Crippen LogP contribution < -0.4 is 5.32 Å². The lowest BCUT2D eigenvalue weighted by Crippen LogP contribution is -2.16. The Labute approximate surface area is 99.8 Å². The summed E-state index contributed by atoms with van der Waals surface area (Å²) < 4.78 is 5.62. The zero-order chi connectivity index (χ0) is 9.80. The Balaban J connectivity index is 0.00000112. The number of nitrogens with zero attached hydrogens (tertiary/aromatic N) is 2. The van der Waals surface area contributed by atoms with Crippen LogP contribution in [0.2, 0.25) is 5.15 Å². The van der Waals surface area contributed by atoms with Gasteiger partial charge in [0.1, 0.15) is 0 Å². The summed E-state index contributed by atoms with van der Waals surface area (Å²) in [6.45, 7) is 2.48. The van der Waals surface area contributed by atoms with E-state index in [1.165, 1.54) is 0 Å². The van der Waals surface area contributed by atoms with Gasteiger partial charge in [0.25, 0.3) is 0 Å². The molecule has 1 aliphatic heterocycles. The molecule has 15 heavy (non-hydrogen) atoms. The van der Waals surface area contributed by atoms with Gasteiger partial charge in [-0.05, 0) is 25.1 Å². The molecule has 1 atom stereocenters. The van der Waals surface area contributed by atoms with Gasteiger partial charge >= 0.3 is 0 Å². The zero-order valence-corrected chi connectivity index (χ0v) is 9.72. The molecule has 1 fully saturated rings. The Hall–Kier alpha value is -0.420. The van der Waals surface area contributed by atoms with Gasteiger partial charge in [0.2, 0.25) is 0 Å². The van der Waals surface area contributed by atoms with Crippen molar-refractivity contribution in [3.05, 3.63) is 23.0 Å². The summed E-state index contributed by atoms with van der Waals surface area (Å²) in [6, 6.07) is 3.55. The van der Waals surface area contributed by atoms with Crippen molar-refractivity contribution in [1.29, 1.82) is 0 Å². The summed E-state index contributed by atoms with van der Waals surface area (Å²) in [6.07, 6.45) is 1.38. The van der Waals surface area contributed by atoms with E-state index in [-0.39, 0.29) is 12.4 Å². The van der Waals surface area contributed by atoms with Gasteiger partial charge in [-0.2, -0.15) is 5.10 Å². The summed E-state index contributed by atoms with van der Waals surface area (Å²) in [7, 11) is 0. The second kappa shape index (κ2) is 6.23. The fraction of sp³-hybridized carbons (Fsp3) is 0.556.